The third kappa shape index (κ3) is 3.12. The van der Waals surface area contributed by atoms with Gasteiger partial charge in [0.25, 0.3) is 11.5 Å². The van der Waals surface area contributed by atoms with Gasteiger partial charge in [-0.05, 0) is 42.5 Å². The van der Waals surface area contributed by atoms with Crippen LogP contribution in [-0.2, 0) is 0 Å². The fraction of sp³-hybridized carbons (Fsp3) is 0.111. The van der Waals surface area contributed by atoms with Crippen LogP contribution < -0.4 is 20.3 Å². The average molecular weight is 340 g/mol. The highest BCUT2D eigenvalue weighted by Crippen LogP contribution is 2.28. The molecule has 0 saturated carbocycles. The summed E-state index contributed by atoms with van der Waals surface area (Å²) >= 11 is 0. The largest absolute Gasteiger partial charge is 0.506 e. The molecule has 0 saturated heterocycles. The maximum Gasteiger partial charge on any atom is 0.265 e. The van der Waals surface area contributed by atoms with Gasteiger partial charge in [0.1, 0.15) is 22.8 Å². The Morgan fingerprint density at radius 2 is 1.68 bits per heavy atom. The van der Waals surface area contributed by atoms with Gasteiger partial charge in [0.2, 0.25) is 0 Å². The molecule has 128 valence electrons. The van der Waals surface area contributed by atoms with Gasteiger partial charge in [-0.15, -0.1) is 0 Å². The van der Waals surface area contributed by atoms with E-state index in [0.717, 1.165) is 0 Å². The van der Waals surface area contributed by atoms with Crippen LogP contribution >= 0.6 is 0 Å². The number of benzene rings is 2. The molecule has 3 rings (SSSR count). The predicted octanol–water partition coefficient (Wildman–Crippen LogP) is 2.50. The smallest absolute Gasteiger partial charge is 0.265 e. The van der Waals surface area contributed by atoms with Crippen molar-refractivity contribution in [3.63, 3.8) is 0 Å². The van der Waals surface area contributed by atoms with Crippen LogP contribution in [0.3, 0.4) is 0 Å². The van der Waals surface area contributed by atoms with Gasteiger partial charge in [0, 0.05) is 11.1 Å². The topological polar surface area (TPSA) is 101 Å². The lowest BCUT2D eigenvalue weighted by molar-refractivity contribution is 0.102. The van der Waals surface area contributed by atoms with Crippen molar-refractivity contribution in [1.82, 2.24) is 4.98 Å². The minimum atomic E-state index is -0.714. The van der Waals surface area contributed by atoms with Crippen LogP contribution in [0, 0.1) is 0 Å². The van der Waals surface area contributed by atoms with Crippen LogP contribution in [0.2, 0.25) is 0 Å². The molecule has 0 radical (unpaired) electrons. The Morgan fingerprint density at radius 3 is 2.32 bits per heavy atom. The molecule has 2 aromatic carbocycles. The number of pyridine rings is 1. The molecule has 0 aliphatic heterocycles. The van der Waals surface area contributed by atoms with E-state index in [1.807, 2.05) is 0 Å². The van der Waals surface area contributed by atoms with Crippen LogP contribution in [0.4, 0.5) is 5.69 Å². The summed E-state index contributed by atoms with van der Waals surface area (Å²) in [5.41, 5.74) is -0.169. The van der Waals surface area contributed by atoms with E-state index < -0.39 is 17.2 Å². The van der Waals surface area contributed by atoms with E-state index in [9.17, 15) is 14.7 Å². The van der Waals surface area contributed by atoms with E-state index in [2.05, 4.69) is 10.3 Å². The fourth-order valence-electron chi connectivity index (χ4n) is 2.46. The Balaban J connectivity index is 2.01. The molecule has 0 spiro atoms. The number of methoxy groups -OCH3 is 2. The van der Waals surface area contributed by atoms with E-state index in [-0.39, 0.29) is 5.56 Å². The van der Waals surface area contributed by atoms with Gasteiger partial charge in [-0.2, -0.15) is 0 Å². The van der Waals surface area contributed by atoms with E-state index in [1.54, 1.807) is 42.5 Å². The first-order valence-corrected chi connectivity index (χ1v) is 7.42. The Hall–Kier alpha value is -3.48. The Morgan fingerprint density at radius 1 is 1.04 bits per heavy atom. The summed E-state index contributed by atoms with van der Waals surface area (Å²) in [6, 6.07) is 11.4. The zero-order valence-corrected chi connectivity index (χ0v) is 13.6. The van der Waals surface area contributed by atoms with Crippen molar-refractivity contribution >= 4 is 22.5 Å². The first-order valence-electron chi connectivity index (χ1n) is 7.42. The molecule has 0 aliphatic carbocycles. The molecule has 1 amide bonds. The van der Waals surface area contributed by atoms with Crippen LogP contribution in [0.15, 0.2) is 47.3 Å². The highest BCUT2D eigenvalue weighted by molar-refractivity contribution is 6.09. The molecule has 25 heavy (non-hydrogen) atoms. The van der Waals surface area contributed by atoms with E-state index >= 15 is 0 Å². The highest BCUT2D eigenvalue weighted by atomic mass is 16.5. The zero-order chi connectivity index (χ0) is 18.0. The van der Waals surface area contributed by atoms with Gasteiger partial charge < -0.3 is 24.9 Å². The number of fused-ring (bicyclic) bond motifs is 1. The molecular formula is C18H16N2O5. The molecule has 0 fully saturated rings. The van der Waals surface area contributed by atoms with Crippen molar-refractivity contribution in [2.45, 2.75) is 0 Å². The van der Waals surface area contributed by atoms with Gasteiger partial charge in [0.05, 0.1) is 19.7 Å². The fourth-order valence-corrected chi connectivity index (χ4v) is 2.46. The van der Waals surface area contributed by atoms with Gasteiger partial charge in [-0.3, -0.25) is 9.59 Å². The predicted molar refractivity (Wildman–Crippen MR) is 93.7 cm³/mol. The SMILES string of the molecule is COc1ccc(NC(=O)c2c(O)c3cc(OC)ccc3[nH]c2=O)cc1. The molecule has 0 aliphatic rings. The van der Waals surface area contributed by atoms with Gasteiger partial charge in [-0.1, -0.05) is 0 Å². The van der Waals surface area contributed by atoms with Crippen molar-refractivity contribution in [2.24, 2.45) is 0 Å². The molecule has 0 unspecified atom stereocenters. The summed E-state index contributed by atoms with van der Waals surface area (Å²) in [6.07, 6.45) is 0. The minimum Gasteiger partial charge on any atom is -0.506 e. The molecule has 0 atom stereocenters. The van der Waals surface area contributed by atoms with E-state index in [0.29, 0.717) is 28.1 Å². The Kier molecular flexibility index (Phi) is 4.30. The third-order valence-electron chi connectivity index (χ3n) is 3.77. The number of aromatic hydroxyl groups is 1. The molecule has 1 aromatic heterocycles. The molecular weight excluding hydrogens is 324 g/mol. The van der Waals surface area contributed by atoms with Crippen molar-refractivity contribution in [2.75, 3.05) is 19.5 Å². The second kappa shape index (κ2) is 6.56. The number of H-pyrrole nitrogens is 1. The number of ether oxygens (including phenoxy) is 2. The molecule has 3 aromatic rings. The number of nitrogens with one attached hydrogen (secondary N) is 2. The zero-order valence-electron chi connectivity index (χ0n) is 13.6. The molecule has 0 bridgehead atoms. The van der Waals surface area contributed by atoms with Crippen molar-refractivity contribution in [3.05, 3.63) is 58.4 Å². The van der Waals surface area contributed by atoms with Gasteiger partial charge in [0.15, 0.2) is 0 Å². The first kappa shape index (κ1) is 16.4. The molecule has 7 nitrogen and oxygen atoms in total. The summed E-state index contributed by atoms with van der Waals surface area (Å²) in [4.78, 5) is 27.3. The second-order valence-corrected chi connectivity index (χ2v) is 5.27. The highest BCUT2D eigenvalue weighted by Gasteiger charge is 2.19. The van der Waals surface area contributed by atoms with Crippen LogP contribution in [0.5, 0.6) is 17.2 Å². The second-order valence-electron chi connectivity index (χ2n) is 5.27. The standard InChI is InChI=1S/C18H16N2O5/c1-24-11-5-3-10(4-6-11)19-17(22)15-16(21)13-9-12(25-2)7-8-14(13)20-18(15)23/h3-9H,1-2H3,(H,19,22)(H2,20,21,23). The quantitative estimate of drug-likeness (QED) is 0.677. The number of aromatic amines is 1. The number of carbonyl (C=O) groups is 1. The lowest BCUT2D eigenvalue weighted by Gasteiger charge is -2.10. The van der Waals surface area contributed by atoms with Gasteiger partial charge >= 0.3 is 0 Å². The lowest BCUT2D eigenvalue weighted by atomic mass is 10.1. The van der Waals surface area contributed by atoms with E-state index in [4.69, 9.17) is 9.47 Å². The monoisotopic (exact) mass is 340 g/mol. The third-order valence-corrected chi connectivity index (χ3v) is 3.77. The van der Waals surface area contributed by atoms with Crippen LogP contribution in [0.25, 0.3) is 10.9 Å². The van der Waals surface area contributed by atoms with Crippen LogP contribution in [-0.4, -0.2) is 30.2 Å². The number of amides is 1. The summed E-state index contributed by atoms with van der Waals surface area (Å²) in [5.74, 6) is 0.0187. The minimum absolute atomic E-state index is 0.318. The number of hydrogen-bond donors (Lipinski definition) is 3. The number of aromatic nitrogens is 1. The first-order chi connectivity index (χ1) is 12.0. The lowest BCUT2D eigenvalue weighted by Crippen LogP contribution is -2.23. The maximum atomic E-state index is 12.5. The summed E-state index contributed by atoms with van der Waals surface area (Å²) < 4.78 is 10.2. The molecule has 7 heteroatoms. The summed E-state index contributed by atoms with van der Waals surface area (Å²) in [6.45, 7) is 0. The Labute approximate surface area is 142 Å². The molecule has 3 N–H and O–H groups in total. The van der Waals surface area contributed by atoms with E-state index in [1.165, 1.54) is 14.2 Å². The number of carbonyl (C=O) groups excluding carboxylic acids is 1. The van der Waals surface area contributed by atoms with Crippen molar-refractivity contribution in [1.29, 1.82) is 0 Å². The van der Waals surface area contributed by atoms with Crippen molar-refractivity contribution < 1.29 is 19.4 Å². The average Bonchev–Trinajstić information content (AvgIpc) is 2.62. The maximum absolute atomic E-state index is 12.5. The number of anilines is 1. The summed E-state index contributed by atoms with van der Waals surface area (Å²) in [7, 11) is 3.02. The normalized spacial score (nSPS) is 10.5. The number of rotatable bonds is 4. The number of hydrogen-bond acceptors (Lipinski definition) is 5. The molecule has 1 heterocycles. The van der Waals surface area contributed by atoms with Crippen molar-refractivity contribution in [3.8, 4) is 17.2 Å². The Bertz CT molecular complexity index is 993. The summed E-state index contributed by atoms with van der Waals surface area (Å²) in [5, 5.41) is 13.3. The van der Waals surface area contributed by atoms with Gasteiger partial charge in [-0.25, -0.2) is 0 Å². The van der Waals surface area contributed by atoms with Crippen LogP contribution in [0.1, 0.15) is 10.4 Å².